The van der Waals surface area contributed by atoms with Crippen molar-refractivity contribution < 1.29 is 4.74 Å². The van der Waals surface area contributed by atoms with Crippen LogP contribution in [-0.2, 0) is 0 Å². The zero-order chi connectivity index (χ0) is 9.80. The van der Waals surface area contributed by atoms with Gasteiger partial charge in [0.1, 0.15) is 11.9 Å². The number of halogens is 1. The van der Waals surface area contributed by atoms with E-state index < -0.39 is 0 Å². The number of hydrogen-bond acceptors (Lipinski definition) is 2. The molecule has 0 spiro atoms. The van der Waals surface area contributed by atoms with Crippen LogP contribution in [0.1, 0.15) is 12.8 Å². The van der Waals surface area contributed by atoms with Crippen molar-refractivity contribution in [3.63, 3.8) is 0 Å². The maximum Gasteiger partial charge on any atom is 0.119 e. The third kappa shape index (κ3) is 2.63. The Morgan fingerprint density at radius 3 is 2.71 bits per heavy atom. The summed E-state index contributed by atoms with van der Waals surface area (Å²) in [5.41, 5.74) is 0. The molecule has 1 fully saturated rings. The lowest BCUT2D eigenvalue weighted by molar-refractivity contribution is 0.167. The van der Waals surface area contributed by atoms with Crippen molar-refractivity contribution in [1.82, 2.24) is 5.32 Å². The summed E-state index contributed by atoms with van der Waals surface area (Å²) in [6.45, 7) is 2.06. The van der Waals surface area contributed by atoms with Crippen LogP contribution in [-0.4, -0.2) is 19.2 Å². The maximum absolute atomic E-state index is 5.79. The van der Waals surface area contributed by atoms with Crippen molar-refractivity contribution in [1.29, 1.82) is 0 Å². The molecule has 1 aromatic carbocycles. The average molecular weight is 212 g/mol. The van der Waals surface area contributed by atoms with Gasteiger partial charge in [-0.3, -0.25) is 0 Å². The minimum Gasteiger partial charge on any atom is -0.489 e. The number of piperidine rings is 1. The van der Waals surface area contributed by atoms with Crippen molar-refractivity contribution in [2.75, 3.05) is 13.1 Å². The highest BCUT2D eigenvalue weighted by Crippen LogP contribution is 2.18. The van der Waals surface area contributed by atoms with Gasteiger partial charge in [0.2, 0.25) is 0 Å². The summed E-state index contributed by atoms with van der Waals surface area (Å²) >= 11 is 5.79. The monoisotopic (exact) mass is 211 g/mol. The van der Waals surface area contributed by atoms with E-state index in [1.165, 1.54) is 6.42 Å². The Morgan fingerprint density at radius 1 is 1.29 bits per heavy atom. The highest BCUT2D eigenvalue weighted by atomic mass is 35.5. The van der Waals surface area contributed by atoms with Gasteiger partial charge in [-0.05, 0) is 43.7 Å². The quantitative estimate of drug-likeness (QED) is 0.812. The summed E-state index contributed by atoms with van der Waals surface area (Å²) in [6.07, 6.45) is 2.64. The third-order valence-corrected chi connectivity index (χ3v) is 2.62. The van der Waals surface area contributed by atoms with Gasteiger partial charge in [-0.2, -0.15) is 0 Å². The van der Waals surface area contributed by atoms with E-state index in [0.717, 1.165) is 30.3 Å². The molecular formula is C11H14ClNO. The van der Waals surface area contributed by atoms with Crippen LogP contribution < -0.4 is 10.1 Å². The molecule has 2 nitrogen and oxygen atoms in total. The van der Waals surface area contributed by atoms with E-state index >= 15 is 0 Å². The number of nitrogens with one attached hydrogen (secondary N) is 1. The van der Waals surface area contributed by atoms with Crippen LogP contribution in [0, 0.1) is 0 Å². The van der Waals surface area contributed by atoms with Crippen molar-refractivity contribution >= 4 is 11.6 Å². The van der Waals surface area contributed by atoms with Gasteiger partial charge in [-0.1, -0.05) is 11.6 Å². The first-order valence-corrected chi connectivity index (χ1v) is 5.35. The molecule has 14 heavy (non-hydrogen) atoms. The fraction of sp³-hybridized carbons (Fsp3) is 0.455. The number of hydrogen-bond donors (Lipinski definition) is 1. The molecule has 76 valence electrons. The molecule has 0 radical (unpaired) electrons. The number of benzene rings is 1. The van der Waals surface area contributed by atoms with Crippen LogP contribution in [0.3, 0.4) is 0 Å². The normalized spacial score (nSPS) is 21.9. The van der Waals surface area contributed by atoms with Gasteiger partial charge in [0.25, 0.3) is 0 Å². The molecule has 0 saturated carbocycles. The van der Waals surface area contributed by atoms with Crippen LogP contribution >= 0.6 is 11.6 Å². The van der Waals surface area contributed by atoms with Gasteiger partial charge in [0.15, 0.2) is 0 Å². The molecule has 0 amide bonds. The lowest BCUT2D eigenvalue weighted by Gasteiger charge is -2.23. The summed E-state index contributed by atoms with van der Waals surface area (Å²) in [6, 6.07) is 7.54. The van der Waals surface area contributed by atoms with Crippen LogP contribution in [0.25, 0.3) is 0 Å². The van der Waals surface area contributed by atoms with Gasteiger partial charge in [0.05, 0.1) is 0 Å². The summed E-state index contributed by atoms with van der Waals surface area (Å²) in [5.74, 6) is 0.906. The average Bonchev–Trinajstić information content (AvgIpc) is 2.23. The first kappa shape index (κ1) is 9.81. The maximum atomic E-state index is 5.79. The zero-order valence-electron chi connectivity index (χ0n) is 8.00. The predicted molar refractivity (Wildman–Crippen MR) is 58.0 cm³/mol. The second-order valence-corrected chi connectivity index (χ2v) is 3.98. The highest BCUT2D eigenvalue weighted by molar-refractivity contribution is 6.30. The van der Waals surface area contributed by atoms with Crippen LogP contribution in [0.5, 0.6) is 5.75 Å². The van der Waals surface area contributed by atoms with Gasteiger partial charge in [0, 0.05) is 11.6 Å². The Labute approximate surface area is 89.2 Å². The Bertz CT molecular complexity index is 280. The molecule has 1 unspecified atom stereocenters. The molecule has 2 rings (SSSR count). The Kier molecular flexibility index (Phi) is 3.27. The molecule has 1 N–H and O–H groups in total. The van der Waals surface area contributed by atoms with Crippen LogP contribution in [0.15, 0.2) is 24.3 Å². The first-order chi connectivity index (χ1) is 6.84. The summed E-state index contributed by atoms with van der Waals surface area (Å²) in [4.78, 5) is 0. The van der Waals surface area contributed by atoms with Gasteiger partial charge >= 0.3 is 0 Å². The van der Waals surface area contributed by atoms with Gasteiger partial charge in [-0.15, -0.1) is 0 Å². The molecule has 3 heteroatoms. The second-order valence-electron chi connectivity index (χ2n) is 3.54. The molecule has 0 bridgehead atoms. The highest BCUT2D eigenvalue weighted by Gasteiger charge is 2.13. The molecule has 1 aromatic rings. The van der Waals surface area contributed by atoms with E-state index in [1.807, 2.05) is 24.3 Å². The smallest absolute Gasteiger partial charge is 0.119 e. The molecule has 1 aliphatic heterocycles. The minimum absolute atomic E-state index is 0.310. The van der Waals surface area contributed by atoms with E-state index in [-0.39, 0.29) is 0 Å². The molecule has 1 heterocycles. The lowest BCUT2D eigenvalue weighted by atomic mass is 10.1. The van der Waals surface area contributed by atoms with Gasteiger partial charge < -0.3 is 10.1 Å². The van der Waals surface area contributed by atoms with Gasteiger partial charge in [-0.25, -0.2) is 0 Å². The fourth-order valence-electron chi connectivity index (χ4n) is 1.63. The number of ether oxygens (including phenoxy) is 1. The summed E-state index contributed by atoms with van der Waals surface area (Å²) in [7, 11) is 0. The van der Waals surface area contributed by atoms with E-state index in [4.69, 9.17) is 16.3 Å². The van der Waals surface area contributed by atoms with Crippen molar-refractivity contribution in [2.45, 2.75) is 18.9 Å². The Balaban J connectivity index is 1.92. The van der Waals surface area contributed by atoms with Crippen LogP contribution in [0.2, 0.25) is 5.02 Å². The van der Waals surface area contributed by atoms with Crippen LogP contribution in [0.4, 0.5) is 0 Å². The minimum atomic E-state index is 0.310. The second kappa shape index (κ2) is 4.67. The van der Waals surface area contributed by atoms with E-state index in [0.29, 0.717) is 6.10 Å². The standard InChI is InChI=1S/C11H14ClNO/c12-9-3-5-10(6-4-9)14-11-2-1-7-13-8-11/h3-6,11,13H,1-2,7-8H2. The lowest BCUT2D eigenvalue weighted by Crippen LogP contribution is -2.37. The largest absolute Gasteiger partial charge is 0.489 e. The molecule has 0 aliphatic carbocycles. The van der Waals surface area contributed by atoms with Crippen molar-refractivity contribution in [3.05, 3.63) is 29.3 Å². The molecule has 1 aliphatic rings. The molecule has 1 atom stereocenters. The topological polar surface area (TPSA) is 21.3 Å². The summed E-state index contributed by atoms with van der Waals surface area (Å²) < 4.78 is 5.79. The van der Waals surface area contributed by atoms with E-state index in [2.05, 4.69) is 5.32 Å². The predicted octanol–water partition coefficient (Wildman–Crippen LogP) is 2.47. The first-order valence-electron chi connectivity index (χ1n) is 4.97. The fourth-order valence-corrected chi connectivity index (χ4v) is 1.75. The van der Waals surface area contributed by atoms with E-state index in [1.54, 1.807) is 0 Å². The Hall–Kier alpha value is -0.730. The summed E-state index contributed by atoms with van der Waals surface area (Å²) in [5, 5.41) is 4.06. The molecule has 0 aromatic heterocycles. The zero-order valence-corrected chi connectivity index (χ0v) is 8.76. The molecule has 1 saturated heterocycles. The van der Waals surface area contributed by atoms with Crippen molar-refractivity contribution in [2.24, 2.45) is 0 Å². The molecular weight excluding hydrogens is 198 g/mol. The van der Waals surface area contributed by atoms with E-state index in [9.17, 15) is 0 Å². The SMILES string of the molecule is Clc1ccc(OC2CCCNC2)cc1. The number of rotatable bonds is 2. The van der Waals surface area contributed by atoms with Crippen molar-refractivity contribution in [3.8, 4) is 5.75 Å². The Morgan fingerprint density at radius 2 is 2.07 bits per heavy atom. The third-order valence-electron chi connectivity index (χ3n) is 2.37.